The molecule has 0 bridgehead atoms. The first kappa shape index (κ1) is 15.1. The van der Waals surface area contributed by atoms with Crippen LogP contribution in [0, 0.1) is 16.0 Å². The van der Waals surface area contributed by atoms with E-state index in [0.29, 0.717) is 5.92 Å². The molecule has 0 fully saturated rings. The van der Waals surface area contributed by atoms with Gasteiger partial charge in [0.25, 0.3) is 5.69 Å². The number of hydrogen-bond acceptors (Lipinski definition) is 3. The van der Waals surface area contributed by atoms with Gasteiger partial charge in [-0.3, -0.25) is 10.1 Å². The van der Waals surface area contributed by atoms with E-state index in [9.17, 15) is 10.1 Å². The van der Waals surface area contributed by atoms with Crippen LogP contribution >= 0.6 is 0 Å². The Labute approximate surface area is 151 Å². The summed E-state index contributed by atoms with van der Waals surface area (Å²) in [5.74, 6) is 0.588. The number of nitro benzene ring substituents is 1. The Kier molecular flexibility index (Phi) is 3.32. The van der Waals surface area contributed by atoms with Crippen molar-refractivity contribution in [2.45, 2.75) is 18.4 Å². The average Bonchev–Trinajstić information content (AvgIpc) is 3.16. The van der Waals surface area contributed by atoms with Gasteiger partial charge in [0.15, 0.2) is 0 Å². The summed E-state index contributed by atoms with van der Waals surface area (Å²) >= 11 is 0. The highest BCUT2D eigenvalue weighted by Gasteiger charge is 2.39. The molecular formula is C22H18N2O2. The second-order valence-corrected chi connectivity index (χ2v) is 7.07. The van der Waals surface area contributed by atoms with Crippen molar-refractivity contribution >= 4 is 22.1 Å². The summed E-state index contributed by atoms with van der Waals surface area (Å²) in [6.07, 6.45) is 5.41. The molecule has 0 unspecified atom stereocenters. The van der Waals surface area contributed by atoms with Crippen LogP contribution in [0.1, 0.15) is 29.5 Å². The first-order valence-corrected chi connectivity index (χ1v) is 8.91. The second kappa shape index (κ2) is 5.70. The minimum absolute atomic E-state index is 0.160. The topological polar surface area (TPSA) is 55.2 Å². The van der Waals surface area contributed by atoms with Crippen molar-refractivity contribution < 1.29 is 4.92 Å². The van der Waals surface area contributed by atoms with Crippen LogP contribution in [0.15, 0.2) is 72.8 Å². The normalized spacial score (nSPS) is 23.3. The number of nitrogens with one attached hydrogen (secondary N) is 1. The van der Waals surface area contributed by atoms with Crippen LogP contribution < -0.4 is 5.32 Å². The lowest BCUT2D eigenvalue weighted by molar-refractivity contribution is -0.384. The van der Waals surface area contributed by atoms with E-state index in [1.54, 1.807) is 12.1 Å². The molecule has 0 saturated carbocycles. The zero-order valence-electron chi connectivity index (χ0n) is 14.1. The van der Waals surface area contributed by atoms with Gasteiger partial charge in [0.1, 0.15) is 0 Å². The first-order valence-electron chi connectivity index (χ1n) is 8.91. The number of benzene rings is 3. The van der Waals surface area contributed by atoms with Crippen molar-refractivity contribution in [1.29, 1.82) is 0 Å². The molecule has 1 aliphatic carbocycles. The van der Waals surface area contributed by atoms with Crippen LogP contribution in [-0.2, 0) is 0 Å². The molecule has 5 rings (SSSR count). The van der Waals surface area contributed by atoms with E-state index < -0.39 is 0 Å². The van der Waals surface area contributed by atoms with E-state index in [1.165, 1.54) is 16.3 Å². The highest BCUT2D eigenvalue weighted by atomic mass is 16.6. The van der Waals surface area contributed by atoms with E-state index >= 15 is 0 Å². The number of allylic oxidation sites excluding steroid dienone is 2. The van der Waals surface area contributed by atoms with Gasteiger partial charge >= 0.3 is 0 Å². The molecular weight excluding hydrogens is 324 g/mol. The Hall–Kier alpha value is -3.14. The van der Waals surface area contributed by atoms with Crippen molar-refractivity contribution in [2.24, 2.45) is 5.92 Å². The Balaban J connectivity index is 1.65. The van der Waals surface area contributed by atoms with Crippen molar-refractivity contribution in [2.75, 3.05) is 5.32 Å². The molecule has 3 aromatic carbocycles. The minimum atomic E-state index is -0.315. The fourth-order valence-corrected chi connectivity index (χ4v) is 4.52. The van der Waals surface area contributed by atoms with Gasteiger partial charge < -0.3 is 5.32 Å². The van der Waals surface area contributed by atoms with E-state index in [-0.39, 0.29) is 22.6 Å². The molecule has 4 nitrogen and oxygen atoms in total. The summed E-state index contributed by atoms with van der Waals surface area (Å²) in [5, 5.41) is 17.4. The molecule has 1 N–H and O–H groups in total. The fourth-order valence-electron chi connectivity index (χ4n) is 4.52. The summed E-state index contributed by atoms with van der Waals surface area (Å²) in [7, 11) is 0. The smallest absolute Gasteiger partial charge is 0.269 e. The van der Waals surface area contributed by atoms with Crippen LogP contribution in [0.4, 0.5) is 11.4 Å². The van der Waals surface area contributed by atoms with Crippen LogP contribution in [0.3, 0.4) is 0 Å². The molecule has 1 aliphatic heterocycles. The molecule has 128 valence electrons. The van der Waals surface area contributed by atoms with E-state index in [4.69, 9.17) is 0 Å². The zero-order chi connectivity index (χ0) is 17.7. The number of rotatable bonds is 2. The third-order valence-electron chi connectivity index (χ3n) is 5.72. The predicted octanol–water partition coefficient (Wildman–Crippen LogP) is 5.57. The maximum Gasteiger partial charge on any atom is 0.269 e. The lowest BCUT2D eigenvalue weighted by Crippen LogP contribution is -2.29. The standard InChI is InChI=1S/C22H18N2O2/c25-24(26)15-11-12-21-20(13-15)17-8-4-10-19(17)22(23-21)18-9-3-6-14-5-1-2-7-16(14)18/h1-9,11-13,17,19,22-23H,10H2/t17-,19+,22-/m1/s1. The van der Waals surface area contributed by atoms with Crippen molar-refractivity contribution in [3.05, 3.63) is 94.1 Å². The summed E-state index contributed by atoms with van der Waals surface area (Å²) in [4.78, 5) is 10.9. The van der Waals surface area contributed by atoms with Gasteiger partial charge in [0.2, 0.25) is 0 Å². The summed E-state index contributed by atoms with van der Waals surface area (Å²) in [6, 6.07) is 20.3. The van der Waals surface area contributed by atoms with Crippen LogP contribution in [0.25, 0.3) is 10.8 Å². The van der Waals surface area contributed by atoms with Gasteiger partial charge in [-0.2, -0.15) is 0 Å². The van der Waals surface area contributed by atoms with Crippen LogP contribution in [0.2, 0.25) is 0 Å². The van der Waals surface area contributed by atoms with Crippen LogP contribution in [-0.4, -0.2) is 4.92 Å². The molecule has 0 amide bonds. The first-order chi connectivity index (χ1) is 12.7. The lowest BCUT2D eigenvalue weighted by atomic mass is 9.76. The molecule has 1 heterocycles. The highest BCUT2D eigenvalue weighted by Crippen LogP contribution is 2.51. The summed E-state index contributed by atoms with van der Waals surface area (Å²) in [5.41, 5.74) is 3.50. The van der Waals surface area contributed by atoms with Gasteiger partial charge in [0, 0.05) is 23.7 Å². The number of non-ortho nitro benzene ring substituents is 1. The molecule has 0 aromatic heterocycles. The van der Waals surface area contributed by atoms with Crippen LogP contribution in [0.5, 0.6) is 0 Å². The van der Waals surface area contributed by atoms with E-state index in [1.807, 2.05) is 6.07 Å². The monoisotopic (exact) mass is 342 g/mol. The zero-order valence-corrected chi connectivity index (χ0v) is 14.1. The minimum Gasteiger partial charge on any atom is -0.378 e. The van der Waals surface area contributed by atoms with Gasteiger partial charge in [0.05, 0.1) is 11.0 Å². The van der Waals surface area contributed by atoms with Gasteiger partial charge in [-0.15, -0.1) is 0 Å². The largest absolute Gasteiger partial charge is 0.378 e. The highest BCUT2D eigenvalue weighted by molar-refractivity contribution is 5.86. The molecule has 4 heteroatoms. The van der Waals surface area contributed by atoms with Gasteiger partial charge in [-0.1, -0.05) is 54.6 Å². The third-order valence-corrected chi connectivity index (χ3v) is 5.72. The SMILES string of the molecule is O=[N+]([O-])c1ccc2c(c1)[C@@H]1C=CC[C@@H]1[C@@H](c1cccc3ccccc13)N2. The summed E-state index contributed by atoms with van der Waals surface area (Å²) in [6.45, 7) is 0. The number of anilines is 1. The second-order valence-electron chi connectivity index (χ2n) is 7.07. The summed E-state index contributed by atoms with van der Waals surface area (Å²) < 4.78 is 0. The number of fused-ring (bicyclic) bond motifs is 4. The molecule has 0 spiro atoms. The third kappa shape index (κ3) is 2.22. The van der Waals surface area contributed by atoms with E-state index in [0.717, 1.165) is 17.7 Å². The molecule has 3 atom stereocenters. The fraction of sp³-hybridized carbons (Fsp3) is 0.182. The number of nitro groups is 1. The van der Waals surface area contributed by atoms with E-state index in [2.05, 4.69) is 59.9 Å². The van der Waals surface area contributed by atoms with Crippen molar-refractivity contribution in [1.82, 2.24) is 0 Å². The molecule has 0 radical (unpaired) electrons. The number of hydrogen-bond donors (Lipinski definition) is 1. The quantitative estimate of drug-likeness (QED) is 0.376. The average molecular weight is 342 g/mol. The molecule has 26 heavy (non-hydrogen) atoms. The van der Waals surface area contributed by atoms with Gasteiger partial charge in [-0.25, -0.2) is 0 Å². The lowest BCUT2D eigenvalue weighted by Gasteiger charge is -2.37. The Morgan fingerprint density at radius 2 is 1.85 bits per heavy atom. The molecule has 3 aromatic rings. The maximum atomic E-state index is 11.2. The molecule has 0 saturated heterocycles. The number of nitrogens with zero attached hydrogens (tertiary/aromatic N) is 1. The maximum absolute atomic E-state index is 11.2. The Bertz CT molecular complexity index is 1050. The van der Waals surface area contributed by atoms with Crippen molar-refractivity contribution in [3.63, 3.8) is 0 Å². The van der Waals surface area contributed by atoms with Crippen molar-refractivity contribution in [3.8, 4) is 0 Å². The predicted molar refractivity (Wildman–Crippen MR) is 103 cm³/mol. The Morgan fingerprint density at radius 3 is 2.73 bits per heavy atom. The Morgan fingerprint density at radius 1 is 1.00 bits per heavy atom. The van der Waals surface area contributed by atoms with Gasteiger partial charge in [-0.05, 0) is 40.3 Å². The molecule has 2 aliphatic rings.